The zero-order valence-electron chi connectivity index (χ0n) is 10.8. The zero-order chi connectivity index (χ0) is 12.3. The summed E-state index contributed by atoms with van der Waals surface area (Å²) in [4.78, 5) is 2.88. The van der Waals surface area contributed by atoms with Gasteiger partial charge in [-0.05, 0) is 48.3 Å². The summed E-state index contributed by atoms with van der Waals surface area (Å²) in [7, 11) is 2.09. The van der Waals surface area contributed by atoms with E-state index >= 15 is 0 Å². The van der Waals surface area contributed by atoms with Crippen molar-refractivity contribution in [3.63, 3.8) is 0 Å². The van der Waals surface area contributed by atoms with Crippen molar-refractivity contribution in [2.75, 3.05) is 7.05 Å². The van der Waals surface area contributed by atoms with Gasteiger partial charge >= 0.3 is 0 Å². The van der Waals surface area contributed by atoms with Gasteiger partial charge in [0.1, 0.15) is 0 Å². The summed E-state index contributed by atoms with van der Waals surface area (Å²) >= 11 is 5.62. The fraction of sp³-hybridized carbons (Fsp3) is 0.714. The van der Waals surface area contributed by atoms with E-state index in [0.717, 1.165) is 5.92 Å². The highest BCUT2D eigenvalue weighted by Gasteiger charge is 2.21. The maximum atomic E-state index is 3.69. The highest BCUT2D eigenvalue weighted by Crippen LogP contribution is 2.37. The molecule has 0 amide bonds. The lowest BCUT2D eigenvalue weighted by Gasteiger charge is -2.26. The Morgan fingerprint density at radius 1 is 1.41 bits per heavy atom. The van der Waals surface area contributed by atoms with Gasteiger partial charge in [-0.2, -0.15) is 0 Å². The molecule has 1 aromatic rings. The van der Waals surface area contributed by atoms with Crippen LogP contribution in [0, 0.1) is 12.8 Å². The number of nitrogens with one attached hydrogen (secondary N) is 1. The molecule has 0 bridgehead atoms. The minimum Gasteiger partial charge on any atom is -0.312 e. The third kappa shape index (κ3) is 3.55. The van der Waals surface area contributed by atoms with Crippen molar-refractivity contribution in [3.05, 3.63) is 20.3 Å². The van der Waals surface area contributed by atoms with Crippen molar-refractivity contribution in [1.82, 2.24) is 5.32 Å². The highest BCUT2D eigenvalue weighted by atomic mass is 79.9. The average Bonchev–Trinajstić information content (AvgIpc) is 2.67. The van der Waals surface area contributed by atoms with E-state index in [2.05, 4.69) is 41.3 Å². The van der Waals surface area contributed by atoms with Crippen molar-refractivity contribution < 1.29 is 0 Å². The van der Waals surface area contributed by atoms with Crippen molar-refractivity contribution in [1.29, 1.82) is 0 Å². The Morgan fingerprint density at radius 3 is 2.65 bits per heavy atom. The normalized spacial score (nSPS) is 19.5. The quantitative estimate of drug-likeness (QED) is 0.819. The molecule has 0 spiro atoms. The van der Waals surface area contributed by atoms with E-state index in [0.29, 0.717) is 6.04 Å². The molecular weight excluding hydrogens is 294 g/mol. The molecule has 1 heterocycles. The van der Waals surface area contributed by atoms with E-state index in [4.69, 9.17) is 0 Å². The van der Waals surface area contributed by atoms with Crippen LogP contribution in [0.15, 0.2) is 10.5 Å². The molecule has 0 saturated heterocycles. The molecule has 2 rings (SSSR count). The first-order chi connectivity index (χ1) is 8.20. The van der Waals surface area contributed by atoms with Crippen molar-refractivity contribution in [3.8, 4) is 0 Å². The Labute approximate surface area is 117 Å². The van der Waals surface area contributed by atoms with Crippen LogP contribution in [0.3, 0.4) is 0 Å². The van der Waals surface area contributed by atoms with E-state index < -0.39 is 0 Å². The van der Waals surface area contributed by atoms with Gasteiger partial charge in [0, 0.05) is 20.3 Å². The minimum atomic E-state index is 0.533. The summed E-state index contributed by atoms with van der Waals surface area (Å²) in [6, 6.07) is 2.77. The lowest BCUT2D eigenvalue weighted by Crippen LogP contribution is -2.20. The summed E-state index contributed by atoms with van der Waals surface area (Å²) in [6.45, 7) is 2.19. The molecular formula is C14H22BrNS. The van der Waals surface area contributed by atoms with Crippen LogP contribution >= 0.6 is 27.3 Å². The summed E-state index contributed by atoms with van der Waals surface area (Å²) in [5.74, 6) is 0.926. The van der Waals surface area contributed by atoms with Gasteiger partial charge < -0.3 is 5.32 Å². The van der Waals surface area contributed by atoms with Crippen molar-refractivity contribution in [2.45, 2.75) is 51.5 Å². The van der Waals surface area contributed by atoms with E-state index in [1.54, 1.807) is 0 Å². The Bertz CT molecular complexity index is 355. The van der Waals surface area contributed by atoms with E-state index in [1.807, 2.05) is 11.3 Å². The second-order valence-corrected chi connectivity index (χ2v) is 7.29. The highest BCUT2D eigenvalue weighted by molar-refractivity contribution is 9.10. The Kier molecular flexibility index (Phi) is 5.07. The molecule has 0 aromatic carbocycles. The smallest absolute Gasteiger partial charge is 0.0426 e. The fourth-order valence-electron chi connectivity index (χ4n) is 2.85. The monoisotopic (exact) mass is 315 g/mol. The van der Waals surface area contributed by atoms with Crippen LogP contribution in [-0.2, 0) is 0 Å². The maximum absolute atomic E-state index is 3.69. The van der Waals surface area contributed by atoms with Crippen LogP contribution in [0.5, 0.6) is 0 Å². The molecule has 96 valence electrons. The van der Waals surface area contributed by atoms with Gasteiger partial charge in [-0.3, -0.25) is 0 Å². The van der Waals surface area contributed by atoms with Gasteiger partial charge in [0.05, 0.1) is 0 Å². The fourth-order valence-corrected chi connectivity index (χ4v) is 4.90. The Hall–Kier alpha value is 0.140. The Morgan fingerprint density at radius 2 is 2.12 bits per heavy atom. The summed E-state index contributed by atoms with van der Waals surface area (Å²) in [5.41, 5.74) is 0. The Balaban J connectivity index is 2.02. The standard InChI is InChI=1S/C14H22BrNS/c1-10-8-12(15)14(17-10)13(16-2)9-11-6-4-3-5-7-11/h8,11,13,16H,3-7,9H2,1-2H3. The molecule has 3 heteroatoms. The van der Waals surface area contributed by atoms with Gasteiger partial charge in [-0.1, -0.05) is 32.1 Å². The van der Waals surface area contributed by atoms with Gasteiger partial charge in [-0.25, -0.2) is 0 Å². The first-order valence-electron chi connectivity index (χ1n) is 6.63. The van der Waals surface area contributed by atoms with Gasteiger partial charge in [0.2, 0.25) is 0 Å². The van der Waals surface area contributed by atoms with Crippen LogP contribution in [0.25, 0.3) is 0 Å². The first-order valence-corrected chi connectivity index (χ1v) is 8.24. The summed E-state index contributed by atoms with van der Waals surface area (Å²) in [6.07, 6.45) is 8.48. The van der Waals surface area contributed by atoms with Crippen molar-refractivity contribution in [2.24, 2.45) is 5.92 Å². The molecule has 0 radical (unpaired) electrons. The molecule has 1 aliphatic carbocycles. The van der Waals surface area contributed by atoms with Crippen LogP contribution < -0.4 is 5.32 Å². The molecule has 1 aromatic heterocycles. The van der Waals surface area contributed by atoms with Crippen molar-refractivity contribution >= 4 is 27.3 Å². The SMILES string of the molecule is CNC(CC1CCCCC1)c1sc(C)cc1Br. The van der Waals surface area contributed by atoms with Gasteiger partial charge in [-0.15, -0.1) is 11.3 Å². The molecule has 1 atom stereocenters. The number of halogens is 1. The predicted octanol–water partition coefficient (Wildman–Crippen LogP) is 5.05. The van der Waals surface area contributed by atoms with Crippen LogP contribution in [-0.4, -0.2) is 7.05 Å². The number of hydrogen-bond acceptors (Lipinski definition) is 2. The number of hydrogen-bond donors (Lipinski definition) is 1. The average molecular weight is 316 g/mol. The maximum Gasteiger partial charge on any atom is 0.0426 e. The molecule has 1 fully saturated rings. The van der Waals surface area contributed by atoms with Crippen LogP contribution in [0.4, 0.5) is 0 Å². The van der Waals surface area contributed by atoms with Gasteiger partial charge in [0.15, 0.2) is 0 Å². The summed E-state index contributed by atoms with van der Waals surface area (Å²) in [5, 5.41) is 3.50. The van der Waals surface area contributed by atoms with Crippen LogP contribution in [0.2, 0.25) is 0 Å². The molecule has 0 aliphatic heterocycles. The molecule has 1 saturated carbocycles. The third-order valence-corrected chi connectivity index (χ3v) is 5.88. The lowest BCUT2D eigenvalue weighted by molar-refractivity contribution is 0.307. The lowest BCUT2D eigenvalue weighted by atomic mass is 9.84. The van der Waals surface area contributed by atoms with Gasteiger partial charge in [0.25, 0.3) is 0 Å². The predicted molar refractivity (Wildman–Crippen MR) is 79.7 cm³/mol. The number of thiophene rings is 1. The third-order valence-electron chi connectivity index (χ3n) is 3.80. The summed E-state index contributed by atoms with van der Waals surface area (Å²) < 4.78 is 1.29. The first kappa shape index (κ1) is 13.6. The zero-order valence-corrected chi connectivity index (χ0v) is 13.2. The second-order valence-electron chi connectivity index (χ2n) is 5.15. The van der Waals surface area contributed by atoms with Crippen LogP contribution in [0.1, 0.15) is 54.3 Å². The second kappa shape index (κ2) is 6.35. The number of aryl methyl sites for hydroxylation is 1. The molecule has 1 nitrogen and oxygen atoms in total. The minimum absolute atomic E-state index is 0.533. The molecule has 1 N–H and O–H groups in total. The molecule has 17 heavy (non-hydrogen) atoms. The van der Waals surface area contributed by atoms with E-state index in [9.17, 15) is 0 Å². The molecule has 1 unspecified atom stereocenters. The largest absolute Gasteiger partial charge is 0.312 e. The topological polar surface area (TPSA) is 12.0 Å². The van der Waals surface area contributed by atoms with E-state index in [-0.39, 0.29) is 0 Å². The number of rotatable bonds is 4. The van der Waals surface area contributed by atoms with E-state index in [1.165, 1.54) is 52.8 Å². The molecule has 1 aliphatic rings.